The molecular weight excluding hydrogens is 318 g/mol. The topological polar surface area (TPSA) is 22.0 Å². The summed E-state index contributed by atoms with van der Waals surface area (Å²) in [6, 6.07) is 29.7. The Balaban J connectivity index is 1.90. The van der Waals surface area contributed by atoms with Gasteiger partial charge in [-0.25, -0.2) is 0 Å². The molecule has 2 heteroatoms. The van der Waals surface area contributed by atoms with Gasteiger partial charge in [0.15, 0.2) is 0 Å². The Morgan fingerprint density at radius 2 is 1.42 bits per heavy atom. The van der Waals surface area contributed by atoms with E-state index in [9.17, 15) is 4.79 Å². The summed E-state index contributed by atoms with van der Waals surface area (Å²) >= 11 is 0. The third-order valence-electron chi connectivity index (χ3n) is 4.59. The number of hydrogen-bond donors (Lipinski definition) is 0. The zero-order chi connectivity index (χ0) is 17.9. The summed E-state index contributed by atoms with van der Waals surface area (Å²) in [5, 5.41) is 1.69. The van der Waals surface area contributed by atoms with Crippen molar-refractivity contribution >= 4 is 16.3 Å². The normalized spacial score (nSPS) is 10.8. The lowest BCUT2D eigenvalue weighted by molar-refractivity contribution is 0.923. The molecule has 26 heavy (non-hydrogen) atoms. The van der Waals surface area contributed by atoms with E-state index in [1.54, 1.807) is 4.57 Å². The number of benzene rings is 3. The van der Waals surface area contributed by atoms with E-state index in [4.69, 9.17) is 0 Å². The molecule has 3 aromatic carbocycles. The van der Waals surface area contributed by atoms with Crippen molar-refractivity contribution in [2.75, 3.05) is 0 Å². The number of nitrogens with zero attached hydrogens (tertiary/aromatic N) is 1. The van der Waals surface area contributed by atoms with Crippen molar-refractivity contribution in [3.8, 4) is 5.69 Å². The van der Waals surface area contributed by atoms with Crippen molar-refractivity contribution in [3.05, 3.63) is 119 Å². The lowest BCUT2D eigenvalue weighted by Gasteiger charge is -2.16. The Morgan fingerprint density at radius 3 is 2.15 bits per heavy atom. The molecule has 126 valence electrons. The van der Waals surface area contributed by atoms with Gasteiger partial charge in [0.2, 0.25) is 0 Å². The first-order valence-corrected chi connectivity index (χ1v) is 8.66. The van der Waals surface area contributed by atoms with Gasteiger partial charge in [0.1, 0.15) is 0 Å². The first-order chi connectivity index (χ1) is 12.7. The number of aromatic nitrogens is 1. The molecule has 1 aromatic heterocycles. The fourth-order valence-electron chi connectivity index (χ4n) is 3.30. The Bertz CT molecular complexity index is 1130. The molecule has 4 aromatic rings. The van der Waals surface area contributed by atoms with E-state index >= 15 is 0 Å². The van der Waals surface area contributed by atoms with Crippen molar-refractivity contribution in [1.82, 2.24) is 4.57 Å². The Morgan fingerprint density at radius 1 is 0.808 bits per heavy atom. The van der Waals surface area contributed by atoms with E-state index in [1.165, 1.54) is 0 Å². The highest BCUT2D eigenvalue weighted by molar-refractivity contribution is 5.83. The summed E-state index contributed by atoms with van der Waals surface area (Å²) in [4.78, 5) is 13.2. The van der Waals surface area contributed by atoms with Gasteiger partial charge in [-0.15, -0.1) is 0 Å². The van der Waals surface area contributed by atoms with E-state index < -0.39 is 0 Å². The molecule has 1 heterocycles. The van der Waals surface area contributed by atoms with Crippen molar-refractivity contribution in [3.63, 3.8) is 0 Å². The van der Waals surface area contributed by atoms with Gasteiger partial charge in [-0.2, -0.15) is 0 Å². The van der Waals surface area contributed by atoms with Gasteiger partial charge in [0, 0.05) is 23.2 Å². The Kier molecular flexibility index (Phi) is 4.24. The van der Waals surface area contributed by atoms with Gasteiger partial charge in [-0.1, -0.05) is 73.3 Å². The van der Waals surface area contributed by atoms with Crippen LogP contribution in [0.15, 0.2) is 102 Å². The molecule has 0 N–H and O–H groups in total. The first-order valence-electron chi connectivity index (χ1n) is 8.66. The summed E-state index contributed by atoms with van der Waals surface area (Å²) in [5.41, 5.74) is 3.90. The second-order valence-corrected chi connectivity index (χ2v) is 6.35. The third kappa shape index (κ3) is 2.98. The maximum Gasteiger partial charge on any atom is 0.263 e. The molecule has 0 radical (unpaired) electrons. The van der Waals surface area contributed by atoms with E-state index in [0.29, 0.717) is 6.42 Å². The fourth-order valence-corrected chi connectivity index (χ4v) is 3.30. The van der Waals surface area contributed by atoms with Crippen LogP contribution in [0.3, 0.4) is 0 Å². The van der Waals surface area contributed by atoms with Crippen molar-refractivity contribution < 1.29 is 0 Å². The van der Waals surface area contributed by atoms with Crippen LogP contribution in [0, 0.1) is 0 Å². The van der Waals surface area contributed by atoms with Crippen LogP contribution in [0.2, 0.25) is 0 Å². The van der Waals surface area contributed by atoms with E-state index in [1.807, 2.05) is 84.9 Å². The van der Waals surface area contributed by atoms with Crippen LogP contribution >= 0.6 is 0 Å². The quantitative estimate of drug-likeness (QED) is 0.499. The summed E-state index contributed by atoms with van der Waals surface area (Å²) in [6.45, 7) is 4.25. The second kappa shape index (κ2) is 6.85. The number of para-hydroxylation sites is 1. The molecule has 0 saturated heterocycles. The van der Waals surface area contributed by atoms with Crippen LogP contribution in [-0.2, 0) is 6.42 Å². The van der Waals surface area contributed by atoms with Crippen LogP contribution < -0.4 is 5.56 Å². The lowest BCUT2D eigenvalue weighted by Crippen LogP contribution is -2.22. The zero-order valence-corrected chi connectivity index (χ0v) is 14.4. The van der Waals surface area contributed by atoms with E-state index in [2.05, 4.69) is 12.6 Å². The number of pyridine rings is 1. The highest BCUT2D eigenvalue weighted by atomic mass is 16.1. The minimum atomic E-state index is 0.00478. The van der Waals surface area contributed by atoms with Crippen LogP contribution in [0.25, 0.3) is 22.0 Å². The van der Waals surface area contributed by atoms with Gasteiger partial charge in [-0.05, 0) is 40.8 Å². The minimum Gasteiger partial charge on any atom is -0.280 e. The molecule has 2 nitrogen and oxygen atoms in total. The molecule has 0 aliphatic rings. The van der Waals surface area contributed by atoms with Crippen LogP contribution in [0.5, 0.6) is 0 Å². The average molecular weight is 337 g/mol. The molecule has 0 fully saturated rings. The maximum absolute atomic E-state index is 13.2. The second-order valence-electron chi connectivity index (χ2n) is 6.35. The number of rotatable bonds is 4. The molecule has 0 atom stereocenters. The Hall–Kier alpha value is -3.39. The van der Waals surface area contributed by atoms with Crippen LogP contribution in [-0.4, -0.2) is 4.57 Å². The SMILES string of the molecule is C=C(Cc1cc2ccccc2c(=O)n1-c1ccccc1)c1ccccc1. The fraction of sp³-hybridized carbons (Fsp3) is 0.0417. The standard InChI is InChI=1S/C24H19NO/c1-18(19-10-4-2-5-11-19)16-22-17-20-12-8-9-15-23(20)24(26)25(22)21-13-6-3-7-14-21/h2-15,17H,1,16H2. The van der Waals surface area contributed by atoms with Gasteiger partial charge < -0.3 is 0 Å². The van der Waals surface area contributed by atoms with Gasteiger partial charge >= 0.3 is 0 Å². The highest BCUT2D eigenvalue weighted by Crippen LogP contribution is 2.22. The predicted octanol–water partition coefficient (Wildman–Crippen LogP) is 5.25. The van der Waals surface area contributed by atoms with Crippen molar-refractivity contribution in [2.45, 2.75) is 6.42 Å². The molecule has 0 unspecified atom stereocenters. The minimum absolute atomic E-state index is 0.00478. The van der Waals surface area contributed by atoms with Gasteiger partial charge in [-0.3, -0.25) is 9.36 Å². The molecular formula is C24H19NO. The van der Waals surface area contributed by atoms with E-state index in [-0.39, 0.29) is 5.56 Å². The van der Waals surface area contributed by atoms with Gasteiger partial charge in [0.05, 0.1) is 0 Å². The summed E-state index contributed by atoms with van der Waals surface area (Å²) in [6.07, 6.45) is 0.610. The smallest absolute Gasteiger partial charge is 0.263 e. The van der Waals surface area contributed by atoms with Gasteiger partial charge in [0.25, 0.3) is 5.56 Å². The summed E-state index contributed by atoms with van der Waals surface area (Å²) < 4.78 is 1.80. The largest absolute Gasteiger partial charge is 0.280 e. The number of fused-ring (bicyclic) bond motifs is 1. The molecule has 0 bridgehead atoms. The molecule has 4 rings (SSSR count). The summed E-state index contributed by atoms with van der Waals surface area (Å²) in [7, 11) is 0. The van der Waals surface area contributed by atoms with E-state index in [0.717, 1.165) is 33.3 Å². The first kappa shape index (κ1) is 16.1. The molecule has 0 aliphatic heterocycles. The monoisotopic (exact) mass is 337 g/mol. The van der Waals surface area contributed by atoms with Crippen LogP contribution in [0.1, 0.15) is 11.3 Å². The lowest BCUT2D eigenvalue weighted by atomic mass is 10.0. The third-order valence-corrected chi connectivity index (χ3v) is 4.59. The molecule has 0 spiro atoms. The molecule has 0 saturated carbocycles. The zero-order valence-electron chi connectivity index (χ0n) is 14.4. The predicted molar refractivity (Wildman–Crippen MR) is 109 cm³/mol. The Labute approximate surface area is 152 Å². The molecule has 0 amide bonds. The maximum atomic E-state index is 13.2. The highest BCUT2D eigenvalue weighted by Gasteiger charge is 2.12. The average Bonchev–Trinajstić information content (AvgIpc) is 2.69. The number of hydrogen-bond acceptors (Lipinski definition) is 1. The van der Waals surface area contributed by atoms with Crippen LogP contribution in [0.4, 0.5) is 0 Å². The van der Waals surface area contributed by atoms with Crippen molar-refractivity contribution in [2.24, 2.45) is 0 Å². The number of allylic oxidation sites excluding steroid dienone is 1. The summed E-state index contributed by atoms with van der Waals surface area (Å²) in [5.74, 6) is 0. The molecule has 0 aliphatic carbocycles. The van der Waals surface area contributed by atoms with Crippen molar-refractivity contribution in [1.29, 1.82) is 0 Å².